The zero-order chi connectivity index (χ0) is 15.1. The molecule has 0 radical (unpaired) electrons. The summed E-state index contributed by atoms with van der Waals surface area (Å²) in [5, 5.41) is -0.446. The van der Waals surface area contributed by atoms with Crippen LogP contribution in [-0.4, -0.2) is 15.7 Å². The average Bonchev–Trinajstić information content (AvgIpc) is 2.64. The van der Waals surface area contributed by atoms with Crippen LogP contribution in [0.2, 0.25) is 0 Å². The van der Waals surface area contributed by atoms with E-state index in [0.717, 1.165) is 5.56 Å². The van der Waals surface area contributed by atoms with Gasteiger partial charge < -0.3 is 4.57 Å². The molecule has 110 valence electrons. The molecular weight excluding hydrogens is 289 g/mol. The van der Waals surface area contributed by atoms with Crippen LogP contribution in [0.15, 0.2) is 18.2 Å². The number of rotatable bonds is 3. The third kappa shape index (κ3) is 3.08. The van der Waals surface area contributed by atoms with Crippen LogP contribution >= 0.6 is 11.6 Å². The summed E-state index contributed by atoms with van der Waals surface area (Å²) < 4.78 is 39.5. The minimum atomic E-state index is -4.21. The number of benzene rings is 1. The van der Waals surface area contributed by atoms with E-state index in [1.807, 2.05) is 19.1 Å². The van der Waals surface area contributed by atoms with E-state index in [4.69, 9.17) is 11.6 Å². The van der Waals surface area contributed by atoms with Crippen molar-refractivity contribution in [3.8, 4) is 0 Å². The molecule has 2 unspecified atom stereocenters. The molecule has 2 atom stereocenters. The quantitative estimate of drug-likeness (QED) is 0.716. The van der Waals surface area contributed by atoms with E-state index in [1.54, 1.807) is 17.6 Å². The van der Waals surface area contributed by atoms with Crippen molar-refractivity contribution in [2.24, 2.45) is 0 Å². The van der Waals surface area contributed by atoms with Crippen molar-refractivity contribution in [1.29, 1.82) is 0 Å². The highest BCUT2D eigenvalue weighted by Crippen LogP contribution is 2.34. The molecule has 0 saturated heterocycles. The second kappa shape index (κ2) is 5.28. The maximum atomic E-state index is 12.6. The molecule has 0 fully saturated rings. The Labute approximate surface area is 120 Å². The minimum Gasteiger partial charge on any atom is -0.324 e. The Bertz CT molecular complexity index is 617. The number of imidazole rings is 1. The van der Waals surface area contributed by atoms with Gasteiger partial charge in [-0.3, -0.25) is 0 Å². The molecule has 0 aliphatic carbocycles. The van der Waals surface area contributed by atoms with Crippen molar-refractivity contribution in [1.82, 2.24) is 9.55 Å². The van der Waals surface area contributed by atoms with E-state index in [1.165, 1.54) is 6.92 Å². The molecule has 2 nitrogen and oxygen atoms in total. The van der Waals surface area contributed by atoms with E-state index in [-0.39, 0.29) is 0 Å². The van der Waals surface area contributed by atoms with Crippen LogP contribution in [-0.2, 0) is 0 Å². The number of hydrogen-bond donors (Lipinski definition) is 0. The number of halogens is 4. The highest BCUT2D eigenvalue weighted by atomic mass is 35.5. The largest absolute Gasteiger partial charge is 0.391 e. The van der Waals surface area contributed by atoms with Crippen LogP contribution in [0.3, 0.4) is 0 Å². The van der Waals surface area contributed by atoms with Gasteiger partial charge in [0.05, 0.1) is 22.8 Å². The maximum Gasteiger partial charge on any atom is 0.391 e. The van der Waals surface area contributed by atoms with E-state index in [0.29, 0.717) is 16.9 Å². The normalized spacial score (nSPS) is 15.6. The lowest BCUT2D eigenvalue weighted by Crippen LogP contribution is -2.18. The van der Waals surface area contributed by atoms with E-state index < -0.39 is 24.0 Å². The van der Waals surface area contributed by atoms with Gasteiger partial charge in [0.2, 0.25) is 0 Å². The molecule has 0 aliphatic heterocycles. The predicted octanol–water partition coefficient (Wildman–Crippen LogP) is 5.16. The highest BCUT2D eigenvalue weighted by Gasteiger charge is 2.32. The number of aromatic nitrogens is 2. The Balaban J connectivity index is 2.57. The Morgan fingerprint density at radius 2 is 1.95 bits per heavy atom. The van der Waals surface area contributed by atoms with Gasteiger partial charge >= 0.3 is 6.18 Å². The van der Waals surface area contributed by atoms with Gasteiger partial charge in [0.1, 0.15) is 5.82 Å². The Kier molecular flexibility index (Phi) is 4.00. The fraction of sp³-hybridized carbons (Fsp3) is 0.500. The lowest BCUT2D eigenvalue weighted by atomic mass is 10.2. The molecular formula is C14H16ClF3N2. The zero-order valence-corrected chi connectivity index (χ0v) is 12.3. The van der Waals surface area contributed by atoms with Gasteiger partial charge in [0.25, 0.3) is 0 Å². The molecule has 0 bridgehead atoms. The Morgan fingerprint density at radius 3 is 2.50 bits per heavy atom. The summed E-state index contributed by atoms with van der Waals surface area (Å²) in [5.74, 6) is 0.476. The van der Waals surface area contributed by atoms with Crippen molar-refractivity contribution in [2.75, 3.05) is 0 Å². The molecule has 0 aliphatic rings. The average molecular weight is 305 g/mol. The molecule has 1 aromatic heterocycles. The van der Waals surface area contributed by atoms with Crippen molar-refractivity contribution in [3.05, 3.63) is 29.6 Å². The van der Waals surface area contributed by atoms with Gasteiger partial charge in [-0.2, -0.15) is 13.2 Å². The van der Waals surface area contributed by atoms with Gasteiger partial charge in [0.15, 0.2) is 0 Å². The molecule has 20 heavy (non-hydrogen) atoms. The van der Waals surface area contributed by atoms with Gasteiger partial charge in [0, 0.05) is 6.04 Å². The first kappa shape index (κ1) is 15.2. The maximum absolute atomic E-state index is 12.6. The molecule has 0 spiro atoms. The minimum absolute atomic E-state index is 0.446. The lowest BCUT2D eigenvalue weighted by molar-refractivity contribution is -0.141. The second-order valence-electron chi connectivity index (χ2n) is 5.12. The smallest absolute Gasteiger partial charge is 0.324 e. The Morgan fingerprint density at radius 1 is 1.30 bits per heavy atom. The highest BCUT2D eigenvalue weighted by molar-refractivity contribution is 6.20. The van der Waals surface area contributed by atoms with Crippen LogP contribution in [0, 0.1) is 6.92 Å². The van der Waals surface area contributed by atoms with E-state index in [2.05, 4.69) is 4.98 Å². The first-order valence-electron chi connectivity index (χ1n) is 6.38. The summed E-state index contributed by atoms with van der Waals surface area (Å²) in [6.45, 7) is 5.17. The predicted molar refractivity (Wildman–Crippen MR) is 74.1 cm³/mol. The molecule has 0 N–H and O–H groups in total. The summed E-state index contributed by atoms with van der Waals surface area (Å²) >= 11 is 6.07. The summed E-state index contributed by atoms with van der Waals surface area (Å²) in [6.07, 6.45) is -5.11. The summed E-state index contributed by atoms with van der Waals surface area (Å²) in [5.41, 5.74) is 2.38. The fourth-order valence-electron chi connectivity index (χ4n) is 2.40. The Hall–Kier alpha value is -1.23. The summed E-state index contributed by atoms with van der Waals surface area (Å²) in [6, 6.07) is 4.78. The first-order chi connectivity index (χ1) is 9.19. The van der Waals surface area contributed by atoms with Crippen LogP contribution in [0.1, 0.15) is 43.1 Å². The number of hydrogen-bond acceptors (Lipinski definition) is 1. The van der Waals surface area contributed by atoms with Crippen LogP contribution in [0.4, 0.5) is 13.2 Å². The van der Waals surface area contributed by atoms with Gasteiger partial charge in [-0.25, -0.2) is 4.98 Å². The summed E-state index contributed by atoms with van der Waals surface area (Å²) in [7, 11) is 0. The zero-order valence-electron chi connectivity index (χ0n) is 11.5. The van der Waals surface area contributed by atoms with Gasteiger partial charge in [-0.05, 0) is 38.5 Å². The van der Waals surface area contributed by atoms with Gasteiger partial charge in [-0.1, -0.05) is 6.07 Å². The van der Waals surface area contributed by atoms with Crippen LogP contribution in [0.5, 0.6) is 0 Å². The number of aryl methyl sites for hydroxylation is 1. The SMILES string of the molecule is Cc1ccc2c(c1)nc(C(C)Cl)n2C(C)CC(F)(F)F. The number of alkyl halides is 4. The fourth-order valence-corrected chi connectivity index (χ4v) is 2.55. The molecule has 2 aromatic rings. The monoisotopic (exact) mass is 304 g/mol. The van der Waals surface area contributed by atoms with Gasteiger partial charge in [-0.15, -0.1) is 11.6 Å². The van der Waals surface area contributed by atoms with E-state index >= 15 is 0 Å². The standard InChI is InChI=1S/C14H16ClF3N2/c1-8-4-5-12-11(6-8)19-13(10(3)15)20(12)9(2)7-14(16,17)18/h4-6,9-10H,7H2,1-3H3. The topological polar surface area (TPSA) is 17.8 Å². The third-order valence-electron chi connectivity index (χ3n) is 3.20. The van der Waals surface area contributed by atoms with Crippen LogP contribution < -0.4 is 0 Å². The van der Waals surface area contributed by atoms with Crippen molar-refractivity contribution in [3.63, 3.8) is 0 Å². The third-order valence-corrected chi connectivity index (χ3v) is 3.39. The second-order valence-corrected chi connectivity index (χ2v) is 5.77. The summed E-state index contributed by atoms with van der Waals surface area (Å²) in [4.78, 5) is 4.39. The molecule has 1 aromatic carbocycles. The molecule has 6 heteroatoms. The molecule has 1 heterocycles. The van der Waals surface area contributed by atoms with Crippen molar-refractivity contribution >= 4 is 22.6 Å². The molecule has 0 saturated carbocycles. The number of nitrogens with zero attached hydrogens (tertiary/aromatic N) is 2. The van der Waals surface area contributed by atoms with Crippen molar-refractivity contribution < 1.29 is 13.2 Å². The first-order valence-corrected chi connectivity index (χ1v) is 6.82. The molecule has 2 rings (SSSR count). The number of fused-ring (bicyclic) bond motifs is 1. The lowest BCUT2D eigenvalue weighted by Gasteiger charge is -2.20. The van der Waals surface area contributed by atoms with Crippen LogP contribution in [0.25, 0.3) is 11.0 Å². The molecule has 0 amide bonds. The van der Waals surface area contributed by atoms with Crippen molar-refractivity contribution in [2.45, 2.75) is 44.8 Å². The van der Waals surface area contributed by atoms with E-state index in [9.17, 15) is 13.2 Å².